The van der Waals surface area contributed by atoms with Crippen molar-refractivity contribution in [2.45, 2.75) is 26.2 Å². The van der Waals surface area contributed by atoms with Gasteiger partial charge in [-0.15, -0.1) is 0 Å². The molecule has 0 bridgehead atoms. The van der Waals surface area contributed by atoms with Crippen molar-refractivity contribution in [1.29, 1.82) is 0 Å². The van der Waals surface area contributed by atoms with Gasteiger partial charge in [-0.1, -0.05) is 190 Å². The maximum atomic E-state index is 6.77. The summed E-state index contributed by atoms with van der Waals surface area (Å²) in [6.45, 7) is 11.2. The molecule has 0 N–H and O–H groups in total. The Balaban J connectivity index is 1.10. The highest BCUT2D eigenvalue weighted by molar-refractivity contribution is 6.24. The minimum atomic E-state index is -0.0850. The summed E-state index contributed by atoms with van der Waals surface area (Å²) in [5, 5.41) is 11.1. The van der Waals surface area contributed by atoms with E-state index >= 15 is 0 Å². The average molecular weight is 729 g/mol. The van der Waals surface area contributed by atoms with Gasteiger partial charge in [0.1, 0.15) is 11.3 Å². The van der Waals surface area contributed by atoms with Crippen LogP contribution in [0, 0.1) is 0 Å². The van der Waals surface area contributed by atoms with E-state index in [1.165, 1.54) is 87.6 Å². The van der Waals surface area contributed by atoms with E-state index in [2.05, 4.69) is 197 Å². The molecule has 0 atom stereocenters. The van der Waals surface area contributed by atoms with Crippen molar-refractivity contribution in [1.82, 2.24) is 0 Å². The van der Waals surface area contributed by atoms with Gasteiger partial charge in [-0.05, 0) is 112 Å². The maximum Gasteiger partial charge on any atom is 0.136 e. The topological polar surface area (TPSA) is 13.1 Å². The molecular formula is C56H40O. The second-order valence-electron chi connectivity index (χ2n) is 16.0. The van der Waals surface area contributed by atoms with Crippen LogP contribution in [0.2, 0.25) is 0 Å². The summed E-state index contributed by atoms with van der Waals surface area (Å²) in [6, 6.07) is 62.2. The van der Waals surface area contributed by atoms with E-state index in [0.717, 1.165) is 33.4 Å². The smallest absolute Gasteiger partial charge is 0.136 e. The Morgan fingerprint density at radius 2 is 1.00 bits per heavy atom. The molecule has 0 unspecified atom stereocenters. The van der Waals surface area contributed by atoms with Gasteiger partial charge >= 0.3 is 0 Å². The SMILES string of the molecule is C=Cc1oc2cc(-c3ccc(-c4c5ccccc5c(-c5cccc6ccccc56)c5ccccc45)cc3)c3ccccc3c2c1C1=C(C)C(C)(C)c2ccccc21. The number of rotatable bonds is 5. The highest BCUT2D eigenvalue weighted by Gasteiger charge is 2.37. The Morgan fingerprint density at radius 3 is 1.68 bits per heavy atom. The molecule has 0 spiro atoms. The molecule has 1 aliphatic rings. The molecule has 270 valence electrons. The van der Waals surface area contributed by atoms with Gasteiger partial charge in [0.25, 0.3) is 0 Å². The van der Waals surface area contributed by atoms with E-state index in [1.807, 2.05) is 6.08 Å². The third-order valence-corrected chi connectivity index (χ3v) is 12.8. The van der Waals surface area contributed by atoms with Crippen LogP contribution in [0.4, 0.5) is 0 Å². The number of allylic oxidation sites excluding steroid dienone is 1. The van der Waals surface area contributed by atoms with Gasteiger partial charge in [-0.2, -0.15) is 0 Å². The van der Waals surface area contributed by atoms with Crippen molar-refractivity contribution in [3.63, 3.8) is 0 Å². The predicted molar refractivity (Wildman–Crippen MR) is 244 cm³/mol. The van der Waals surface area contributed by atoms with Crippen molar-refractivity contribution < 1.29 is 4.42 Å². The molecule has 0 amide bonds. The molecule has 1 aliphatic carbocycles. The molecule has 0 saturated carbocycles. The molecular weight excluding hydrogens is 689 g/mol. The molecule has 10 aromatic rings. The number of benzene rings is 9. The molecule has 1 heterocycles. The Morgan fingerprint density at radius 1 is 0.474 bits per heavy atom. The van der Waals surface area contributed by atoms with Crippen molar-refractivity contribution in [3.05, 3.63) is 204 Å². The fourth-order valence-corrected chi connectivity index (χ4v) is 9.89. The minimum absolute atomic E-state index is 0.0850. The quantitative estimate of drug-likeness (QED) is 0.161. The van der Waals surface area contributed by atoms with Crippen LogP contribution >= 0.6 is 0 Å². The summed E-state index contributed by atoms with van der Waals surface area (Å²) in [5.74, 6) is 0.815. The van der Waals surface area contributed by atoms with E-state index in [0.29, 0.717) is 0 Å². The lowest BCUT2D eigenvalue weighted by Gasteiger charge is -2.22. The van der Waals surface area contributed by atoms with E-state index in [4.69, 9.17) is 4.42 Å². The van der Waals surface area contributed by atoms with Gasteiger partial charge in [0.2, 0.25) is 0 Å². The fraction of sp³-hybridized carbons (Fsp3) is 0.0714. The van der Waals surface area contributed by atoms with Gasteiger partial charge in [0.05, 0.1) is 0 Å². The summed E-state index contributed by atoms with van der Waals surface area (Å²) < 4.78 is 6.77. The summed E-state index contributed by atoms with van der Waals surface area (Å²) >= 11 is 0. The van der Waals surface area contributed by atoms with Gasteiger partial charge in [-0.3, -0.25) is 0 Å². The molecule has 1 nitrogen and oxygen atoms in total. The van der Waals surface area contributed by atoms with Crippen LogP contribution in [0.3, 0.4) is 0 Å². The van der Waals surface area contributed by atoms with Gasteiger partial charge < -0.3 is 4.42 Å². The predicted octanol–water partition coefficient (Wildman–Crippen LogP) is 15.8. The highest BCUT2D eigenvalue weighted by atomic mass is 16.3. The normalized spacial score (nSPS) is 13.7. The van der Waals surface area contributed by atoms with Gasteiger partial charge in [0.15, 0.2) is 0 Å². The Hall–Kier alpha value is -6.96. The first-order valence-corrected chi connectivity index (χ1v) is 19.9. The minimum Gasteiger partial charge on any atom is -0.456 e. The van der Waals surface area contributed by atoms with Crippen molar-refractivity contribution >= 4 is 65.7 Å². The Bertz CT molecular complexity index is 3270. The third-order valence-electron chi connectivity index (χ3n) is 12.8. The summed E-state index contributed by atoms with van der Waals surface area (Å²) in [6.07, 6.45) is 1.88. The van der Waals surface area contributed by atoms with Crippen LogP contribution in [0.1, 0.15) is 43.2 Å². The van der Waals surface area contributed by atoms with E-state index < -0.39 is 0 Å². The molecule has 0 aliphatic heterocycles. The first-order valence-electron chi connectivity index (χ1n) is 19.9. The van der Waals surface area contributed by atoms with Crippen LogP contribution in [0.15, 0.2) is 186 Å². The van der Waals surface area contributed by atoms with Gasteiger partial charge in [0, 0.05) is 16.4 Å². The zero-order chi connectivity index (χ0) is 38.4. The van der Waals surface area contributed by atoms with Gasteiger partial charge in [-0.25, -0.2) is 0 Å². The van der Waals surface area contributed by atoms with Crippen molar-refractivity contribution in [3.8, 4) is 33.4 Å². The first kappa shape index (κ1) is 33.4. The van der Waals surface area contributed by atoms with E-state index in [9.17, 15) is 0 Å². The summed E-state index contributed by atoms with van der Waals surface area (Å²) in [7, 11) is 0. The van der Waals surface area contributed by atoms with Crippen LogP contribution < -0.4 is 0 Å². The molecule has 1 aromatic heterocycles. The van der Waals surface area contributed by atoms with Crippen LogP contribution in [-0.4, -0.2) is 0 Å². The molecule has 0 fully saturated rings. The number of hydrogen-bond acceptors (Lipinski definition) is 1. The maximum absolute atomic E-state index is 6.77. The lowest BCUT2D eigenvalue weighted by Crippen LogP contribution is -2.15. The Labute approximate surface area is 332 Å². The zero-order valence-corrected chi connectivity index (χ0v) is 32.4. The molecule has 0 saturated heterocycles. The lowest BCUT2D eigenvalue weighted by molar-refractivity contribution is 0.603. The highest BCUT2D eigenvalue weighted by Crippen LogP contribution is 2.53. The molecule has 9 aromatic carbocycles. The van der Waals surface area contributed by atoms with Crippen molar-refractivity contribution in [2.24, 2.45) is 0 Å². The summed E-state index contributed by atoms with van der Waals surface area (Å²) in [4.78, 5) is 0. The number of hydrogen-bond donors (Lipinski definition) is 0. The summed E-state index contributed by atoms with van der Waals surface area (Å²) in [5.41, 5.74) is 14.5. The van der Waals surface area contributed by atoms with Crippen LogP contribution in [0.25, 0.3) is 99.1 Å². The molecule has 11 rings (SSSR count). The average Bonchev–Trinajstić information content (AvgIpc) is 3.72. The molecule has 57 heavy (non-hydrogen) atoms. The van der Waals surface area contributed by atoms with Crippen LogP contribution in [0.5, 0.6) is 0 Å². The molecule has 0 radical (unpaired) electrons. The zero-order valence-electron chi connectivity index (χ0n) is 32.4. The number of furan rings is 1. The van der Waals surface area contributed by atoms with E-state index in [-0.39, 0.29) is 5.41 Å². The Kier molecular flexibility index (Phi) is 7.34. The first-order chi connectivity index (χ1) is 27.9. The molecule has 1 heteroatoms. The number of fused-ring (bicyclic) bond motifs is 7. The van der Waals surface area contributed by atoms with Crippen molar-refractivity contribution in [2.75, 3.05) is 0 Å². The standard InChI is InChI=1S/C56H40O/c1-5-49-55(51-34(2)56(3,4)48-28-15-14-26-46(48)51)54-41-21-9-8-20-39(41)47(33-50(54)57-49)36-29-31-37(32-30-36)52-42-22-10-12-24-44(42)53(45-25-13-11-23-43(45)52)40-27-16-18-35-17-6-7-19-38(35)40/h5-33H,1H2,2-4H3. The largest absolute Gasteiger partial charge is 0.456 e. The van der Waals surface area contributed by atoms with E-state index in [1.54, 1.807) is 0 Å². The lowest BCUT2D eigenvalue weighted by atomic mass is 9.82. The second-order valence-corrected chi connectivity index (χ2v) is 16.0. The monoisotopic (exact) mass is 728 g/mol. The third kappa shape index (κ3) is 4.82. The second kappa shape index (κ2) is 12.5. The fourth-order valence-electron chi connectivity index (χ4n) is 9.89. The van der Waals surface area contributed by atoms with Crippen LogP contribution in [-0.2, 0) is 5.41 Å².